The number of ether oxygens (including phenoxy) is 3. The van der Waals surface area contributed by atoms with Gasteiger partial charge in [0, 0.05) is 7.11 Å². The first-order valence-electron chi connectivity index (χ1n) is 9.97. The van der Waals surface area contributed by atoms with Crippen LogP contribution in [0.1, 0.15) is 82.1 Å². The minimum atomic E-state index is -0.596. The molecule has 4 atom stereocenters. The van der Waals surface area contributed by atoms with Gasteiger partial charge in [0.25, 0.3) is 0 Å². The third-order valence-corrected chi connectivity index (χ3v) is 7.38. The van der Waals surface area contributed by atoms with Crippen molar-refractivity contribution in [3.8, 4) is 0 Å². The molecular weight excluding hydrogens is 328 g/mol. The molecule has 156 valence electrons. The number of rotatable bonds is 7. The third-order valence-electron chi connectivity index (χ3n) is 7.38. The Hall–Kier alpha value is -0.160. The van der Waals surface area contributed by atoms with Crippen LogP contribution in [0.5, 0.6) is 0 Å². The van der Waals surface area contributed by atoms with Crippen molar-refractivity contribution in [2.24, 2.45) is 21.7 Å². The van der Waals surface area contributed by atoms with Gasteiger partial charge >= 0.3 is 0 Å². The minimum Gasteiger partial charge on any atom is -0.390 e. The van der Waals surface area contributed by atoms with E-state index in [0.29, 0.717) is 6.42 Å². The average molecular weight is 373 g/mol. The first-order valence-corrected chi connectivity index (χ1v) is 9.97. The minimum absolute atomic E-state index is 0.0250. The Labute approximate surface area is 162 Å². The summed E-state index contributed by atoms with van der Waals surface area (Å²) in [5.74, 6) is 0. The second-order valence-electron chi connectivity index (χ2n) is 11.4. The van der Waals surface area contributed by atoms with Crippen LogP contribution in [-0.4, -0.2) is 43.4 Å². The molecule has 0 spiro atoms. The molecule has 0 unspecified atom stereocenters. The van der Waals surface area contributed by atoms with Gasteiger partial charge in [-0.3, -0.25) is 0 Å². The van der Waals surface area contributed by atoms with Crippen molar-refractivity contribution in [3.63, 3.8) is 0 Å². The lowest BCUT2D eigenvalue weighted by molar-refractivity contribution is -0.112. The van der Waals surface area contributed by atoms with Crippen LogP contribution in [0.25, 0.3) is 0 Å². The van der Waals surface area contributed by atoms with Gasteiger partial charge in [-0.2, -0.15) is 0 Å². The number of aliphatic hydroxyl groups is 1. The Balaban J connectivity index is 2.91. The SMILES string of the molecule is CO[C@H]([C@@H]1OCO[C@H]1CC(C)(C)C(C)(C)C)[C@H](O)CC(C)(C)C(C)(C)C. The molecule has 0 radical (unpaired) electrons. The molecular formula is C22H44O4. The predicted octanol–water partition coefficient (Wildman–Crippen LogP) is 5.03. The topological polar surface area (TPSA) is 47.9 Å². The van der Waals surface area contributed by atoms with Crippen molar-refractivity contribution < 1.29 is 19.3 Å². The van der Waals surface area contributed by atoms with Gasteiger partial charge in [-0.1, -0.05) is 69.2 Å². The summed E-state index contributed by atoms with van der Waals surface area (Å²) in [4.78, 5) is 0. The van der Waals surface area contributed by atoms with Crippen molar-refractivity contribution in [1.29, 1.82) is 0 Å². The summed E-state index contributed by atoms with van der Waals surface area (Å²) in [7, 11) is 1.66. The monoisotopic (exact) mass is 372 g/mol. The van der Waals surface area contributed by atoms with Crippen molar-refractivity contribution in [3.05, 3.63) is 0 Å². The van der Waals surface area contributed by atoms with Crippen LogP contribution in [0.4, 0.5) is 0 Å². The van der Waals surface area contributed by atoms with Crippen molar-refractivity contribution >= 4 is 0 Å². The van der Waals surface area contributed by atoms with Crippen LogP contribution >= 0.6 is 0 Å². The smallest absolute Gasteiger partial charge is 0.147 e. The second kappa shape index (κ2) is 8.06. The summed E-state index contributed by atoms with van der Waals surface area (Å²) in [6, 6.07) is 0. The molecule has 0 aromatic carbocycles. The molecule has 1 aliphatic heterocycles. The van der Waals surface area contributed by atoms with Crippen LogP contribution in [0.3, 0.4) is 0 Å². The van der Waals surface area contributed by atoms with Crippen LogP contribution in [0.15, 0.2) is 0 Å². The maximum atomic E-state index is 11.0. The molecule has 1 saturated heterocycles. The third kappa shape index (κ3) is 5.43. The molecule has 4 heteroatoms. The van der Waals surface area contributed by atoms with E-state index in [2.05, 4.69) is 69.2 Å². The van der Waals surface area contributed by atoms with E-state index in [0.717, 1.165) is 6.42 Å². The van der Waals surface area contributed by atoms with E-state index in [9.17, 15) is 5.11 Å². The first-order chi connectivity index (χ1) is 11.5. The second-order valence-corrected chi connectivity index (χ2v) is 11.4. The number of hydrogen-bond acceptors (Lipinski definition) is 4. The fourth-order valence-electron chi connectivity index (χ4n) is 3.15. The van der Waals surface area contributed by atoms with E-state index in [-0.39, 0.29) is 46.8 Å². The molecule has 4 nitrogen and oxygen atoms in total. The summed E-state index contributed by atoms with van der Waals surface area (Å²) in [6.07, 6.45) is 0.232. The highest BCUT2D eigenvalue weighted by Crippen LogP contribution is 2.45. The van der Waals surface area contributed by atoms with Crippen LogP contribution in [0.2, 0.25) is 0 Å². The highest BCUT2D eigenvalue weighted by atomic mass is 16.7. The zero-order valence-electron chi connectivity index (χ0n) is 19.1. The molecule has 26 heavy (non-hydrogen) atoms. The van der Waals surface area contributed by atoms with E-state index in [4.69, 9.17) is 14.2 Å². The quantitative estimate of drug-likeness (QED) is 0.681. The largest absolute Gasteiger partial charge is 0.390 e. The predicted molar refractivity (Wildman–Crippen MR) is 107 cm³/mol. The zero-order valence-corrected chi connectivity index (χ0v) is 19.1. The van der Waals surface area contributed by atoms with Gasteiger partial charge in [-0.25, -0.2) is 0 Å². The van der Waals surface area contributed by atoms with Gasteiger partial charge in [0.1, 0.15) is 19.0 Å². The standard InChI is InChI=1S/C22H44O4/c1-19(2,3)21(7,8)12-15(23)17(24-11)18-16(25-14-26-18)13-22(9,10)20(4,5)6/h15-18,23H,12-14H2,1-11H3/t15-,16+,17+,18-/m1/s1. The summed E-state index contributed by atoms with van der Waals surface area (Å²) < 4.78 is 17.5. The molecule has 1 N–H and O–H groups in total. The molecule has 0 amide bonds. The van der Waals surface area contributed by atoms with Crippen molar-refractivity contribution in [2.75, 3.05) is 13.9 Å². The highest BCUT2D eigenvalue weighted by molar-refractivity contribution is 4.95. The fourth-order valence-corrected chi connectivity index (χ4v) is 3.15. The Morgan fingerprint density at radius 3 is 1.81 bits per heavy atom. The van der Waals surface area contributed by atoms with Gasteiger partial charge < -0.3 is 19.3 Å². The molecule has 0 saturated carbocycles. The van der Waals surface area contributed by atoms with Crippen LogP contribution in [0, 0.1) is 21.7 Å². The summed E-state index contributed by atoms with van der Waals surface area (Å²) in [5, 5.41) is 11.0. The van der Waals surface area contributed by atoms with E-state index in [1.807, 2.05) is 0 Å². The van der Waals surface area contributed by atoms with Crippen molar-refractivity contribution in [1.82, 2.24) is 0 Å². The lowest BCUT2D eigenvalue weighted by Gasteiger charge is -2.43. The van der Waals surface area contributed by atoms with Crippen LogP contribution < -0.4 is 0 Å². The summed E-state index contributed by atoms with van der Waals surface area (Å²) >= 11 is 0. The molecule has 0 aromatic heterocycles. The zero-order chi connectivity index (χ0) is 20.6. The van der Waals surface area contributed by atoms with E-state index >= 15 is 0 Å². The first kappa shape index (κ1) is 23.9. The maximum Gasteiger partial charge on any atom is 0.147 e. The molecule has 0 aromatic rings. The normalized spacial score (nSPS) is 25.4. The maximum absolute atomic E-state index is 11.0. The summed E-state index contributed by atoms with van der Waals surface area (Å²) in [6.45, 7) is 22.6. The van der Waals surface area contributed by atoms with E-state index < -0.39 is 6.10 Å². The molecule has 1 fully saturated rings. The lowest BCUT2D eigenvalue weighted by Crippen LogP contribution is -2.48. The Morgan fingerprint density at radius 1 is 0.885 bits per heavy atom. The molecule has 0 bridgehead atoms. The molecule has 0 aliphatic carbocycles. The lowest BCUT2D eigenvalue weighted by atomic mass is 9.65. The Morgan fingerprint density at radius 2 is 1.38 bits per heavy atom. The van der Waals surface area contributed by atoms with Gasteiger partial charge in [-0.15, -0.1) is 0 Å². The highest BCUT2D eigenvalue weighted by Gasteiger charge is 2.46. The molecule has 1 rings (SSSR count). The van der Waals surface area contributed by atoms with Crippen LogP contribution in [-0.2, 0) is 14.2 Å². The van der Waals surface area contributed by atoms with Crippen molar-refractivity contribution in [2.45, 2.75) is 106 Å². The average Bonchev–Trinajstić information content (AvgIpc) is 2.83. The van der Waals surface area contributed by atoms with E-state index in [1.54, 1.807) is 7.11 Å². The van der Waals surface area contributed by atoms with E-state index in [1.165, 1.54) is 0 Å². The van der Waals surface area contributed by atoms with Gasteiger partial charge in [0.05, 0.1) is 12.2 Å². The molecule has 1 heterocycles. The van der Waals surface area contributed by atoms with Gasteiger partial charge in [0.2, 0.25) is 0 Å². The number of hydrogen-bond donors (Lipinski definition) is 1. The number of aliphatic hydroxyl groups excluding tert-OH is 1. The number of methoxy groups -OCH3 is 1. The fraction of sp³-hybridized carbons (Fsp3) is 1.00. The Bertz CT molecular complexity index is 442. The van der Waals surface area contributed by atoms with Gasteiger partial charge in [-0.05, 0) is 34.5 Å². The summed E-state index contributed by atoms with van der Waals surface area (Å²) in [5.41, 5.74) is 0.298. The Kier molecular flexibility index (Phi) is 7.41. The molecule has 1 aliphatic rings. The van der Waals surface area contributed by atoms with Gasteiger partial charge in [0.15, 0.2) is 0 Å².